The fourth-order valence-corrected chi connectivity index (χ4v) is 3.39. The number of hydrogen-bond acceptors (Lipinski definition) is 2. The van der Waals surface area contributed by atoms with Gasteiger partial charge >= 0.3 is 0 Å². The summed E-state index contributed by atoms with van der Waals surface area (Å²) >= 11 is 0. The molecule has 0 saturated heterocycles. The van der Waals surface area contributed by atoms with Crippen molar-refractivity contribution in [1.29, 1.82) is 0 Å². The number of fused-ring (bicyclic) bond motifs is 1. The summed E-state index contributed by atoms with van der Waals surface area (Å²) in [4.78, 5) is 3.06. The van der Waals surface area contributed by atoms with E-state index in [4.69, 9.17) is 5.73 Å². The molecule has 0 bridgehead atoms. The van der Waals surface area contributed by atoms with Crippen molar-refractivity contribution in [3.63, 3.8) is 0 Å². The summed E-state index contributed by atoms with van der Waals surface area (Å²) in [6, 6.07) is 9.51. The van der Waals surface area contributed by atoms with Crippen molar-refractivity contribution in [2.24, 2.45) is 11.7 Å². The molecule has 1 aliphatic carbocycles. The lowest BCUT2D eigenvalue weighted by Crippen LogP contribution is -2.26. The lowest BCUT2D eigenvalue weighted by Gasteiger charge is -2.14. The van der Waals surface area contributed by atoms with E-state index in [2.05, 4.69) is 66.4 Å². The SMILES string of the molecule is C=CC(CN)Cc1ccc2c(c1)C=CCC2.CCC(Cc1cc[nH]c1)NC. The maximum Gasteiger partial charge on any atom is 0.0102 e. The second-order valence-electron chi connectivity index (χ2n) is 7.23. The maximum atomic E-state index is 5.68. The molecule has 4 N–H and O–H groups in total. The first-order chi connectivity index (χ1) is 13.2. The average molecular weight is 366 g/mol. The quantitative estimate of drug-likeness (QED) is 0.603. The monoisotopic (exact) mass is 365 g/mol. The molecular formula is C24H35N3. The lowest BCUT2D eigenvalue weighted by molar-refractivity contribution is 0.543. The molecule has 1 aliphatic rings. The fourth-order valence-electron chi connectivity index (χ4n) is 3.39. The predicted octanol–water partition coefficient (Wildman–Crippen LogP) is 4.50. The summed E-state index contributed by atoms with van der Waals surface area (Å²) in [6.45, 7) is 6.70. The van der Waals surface area contributed by atoms with Gasteiger partial charge in [-0.15, -0.1) is 6.58 Å². The van der Waals surface area contributed by atoms with E-state index in [9.17, 15) is 0 Å². The Balaban J connectivity index is 0.000000208. The third-order valence-corrected chi connectivity index (χ3v) is 5.27. The largest absolute Gasteiger partial charge is 0.367 e. The number of nitrogens with one attached hydrogen (secondary N) is 2. The van der Waals surface area contributed by atoms with Gasteiger partial charge in [-0.1, -0.05) is 43.4 Å². The van der Waals surface area contributed by atoms with E-state index < -0.39 is 0 Å². The minimum absolute atomic E-state index is 0.394. The normalized spacial score (nSPS) is 14.6. The van der Waals surface area contributed by atoms with Crippen molar-refractivity contribution in [3.05, 3.63) is 77.6 Å². The Morgan fingerprint density at radius 3 is 2.74 bits per heavy atom. The van der Waals surface area contributed by atoms with Crippen molar-refractivity contribution < 1.29 is 0 Å². The maximum absolute atomic E-state index is 5.68. The zero-order valence-electron chi connectivity index (χ0n) is 16.9. The van der Waals surface area contributed by atoms with Gasteiger partial charge in [0.1, 0.15) is 0 Å². The molecule has 1 heterocycles. The van der Waals surface area contributed by atoms with Crippen LogP contribution in [0.15, 0.2) is 55.4 Å². The molecule has 1 aromatic carbocycles. The molecule has 0 saturated carbocycles. The summed E-state index contributed by atoms with van der Waals surface area (Å²) in [5.41, 5.74) is 11.3. The van der Waals surface area contributed by atoms with Crippen LogP contribution in [-0.4, -0.2) is 24.6 Å². The summed E-state index contributed by atoms with van der Waals surface area (Å²) in [7, 11) is 2.01. The Bertz CT molecular complexity index is 696. The summed E-state index contributed by atoms with van der Waals surface area (Å²) in [6.07, 6.45) is 16.1. The molecular weight excluding hydrogens is 330 g/mol. The zero-order chi connectivity index (χ0) is 19.5. The first-order valence-electron chi connectivity index (χ1n) is 10.1. The third-order valence-electron chi connectivity index (χ3n) is 5.27. The van der Waals surface area contributed by atoms with Crippen LogP contribution in [0.25, 0.3) is 6.08 Å². The highest BCUT2D eigenvalue weighted by Gasteiger charge is 2.08. The summed E-state index contributed by atoms with van der Waals surface area (Å²) in [5.74, 6) is 0.394. The van der Waals surface area contributed by atoms with Crippen LogP contribution in [0.2, 0.25) is 0 Å². The Labute approximate surface area is 164 Å². The van der Waals surface area contributed by atoms with Crippen LogP contribution in [0.1, 0.15) is 42.0 Å². The van der Waals surface area contributed by atoms with E-state index in [1.165, 1.54) is 41.5 Å². The molecule has 0 fully saturated rings. The van der Waals surface area contributed by atoms with E-state index in [1.807, 2.05) is 19.3 Å². The number of allylic oxidation sites excluding steroid dienone is 1. The minimum Gasteiger partial charge on any atom is -0.367 e. The number of aryl methyl sites for hydroxylation is 1. The fraction of sp³-hybridized carbons (Fsp3) is 0.417. The van der Waals surface area contributed by atoms with Crippen LogP contribution in [0.4, 0.5) is 0 Å². The summed E-state index contributed by atoms with van der Waals surface area (Å²) in [5, 5.41) is 3.28. The molecule has 3 rings (SSSR count). The van der Waals surface area contributed by atoms with Crippen molar-refractivity contribution in [2.75, 3.05) is 13.6 Å². The van der Waals surface area contributed by atoms with Crippen molar-refractivity contribution in [1.82, 2.24) is 10.3 Å². The second-order valence-corrected chi connectivity index (χ2v) is 7.23. The molecule has 0 radical (unpaired) electrons. The van der Waals surface area contributed by atoms with Crippen LogP contribution >= 0.6 is 0 Å². The van der Waals surface area contributed by atoms with Crippen molar-refractivity contribution >= 4 is 6.08 Å². The zero-order valence-corrected chi connectivity index (χ0v) is 16.9. The highest BCUT2D eigenvalue weighted by atomic mass is 14.9. The molecule has 146 valence electrons. The van der Waals surface area contributed by atoms with Crippen LogP contribution < -0.4 is 11.1 Å². The Hall–Kier alpha value is -2.10. The molecule has 27 heavy (non-hydrogen) atoms. The van der Waals surface area contributed by atoms with E-state index in [1.54, 1.807) is 0 Å². The van der Waals surface area contributed by atoms with Gasteiger partial charge in [-0.3, -0.25) is 0 Å². The molecule has 3 nitrogen and oxygen atoms in total. The van der Waals surface area contributed by atoms with Gasteiger partial charge in [0, 0.05) is 18.4 Å². The number of rotatable bonds is 8. The number of aromatic amines is 1. The summed E-state index contributed by atoms with van der Waals surface area (Å²) < 4.78 is 0. The molecule has 2 unspecified atom stereocenters. The van der Waals surface area contributed by atoms with Gasteiger partial charge in [0.15, 0.2) is 0 Å². The van der Waals surface area contributed by atoms with Crippen LogP contribution in [0.3, 0.4) is 0 Å². The van der Waals surface area contributed by atoms with Gasteiger partial charge in [0.05, 0.1) is 0 Å². The van der Waals surface area contributed by atoms with Gasteiger partial charge < -0.3 is 16.0 Å². The minimum atomic E-state index is 0.394. The first-order valence-corrected chi connectivity index (χ1v) is 10.1. The molecule has 2 aromatic rings. The Morgan fingerprint density at radius 1 is 1.26 bits per heavy atom. The standard InChI is InChI=1S/C15H19N.C9H16N2/c1-2-12(11-16)9-13-7-8-14-5-3-4-6-15(14)10-13;1-3-9(10-2)6-8-4-5-11-7-8/h2,4,6-8,10,12H,1,3,5,9,11,16H2;4-5,7,9-11H,3,6H2,1-2H3. The molecule has 1 aromatic heterocycles. The Morgan fingerprint density at radius 2 is 2.11 bits per heavy atom. The molecule has 2 atom stereocenters. The van der Waals surface area contributed by atoms with Crippen LogP contribution in [-0.2, 0) is 19.3 Å². The predicted molar refractivity (Wildman–Crippen MR) is 118 cm³/mol. The van der Waals surface area contributed by atoms with Crippen LogP contribution in [0, 0.1) is 5.92 Å². The highest BCUT2D eigenvalue weighted by molar-refractivity contribution is 5.57. The molecule has 0 aliphatic heterocycles. The van der Waals surface area contributed by atoms with Gasteiger partial charge in [0.25, 0.3) is 0 Å². The molecule has 0 spiro atoms. The average Bonchev–Trinajstić information content (AvgIpc) is 3.23. The van der Waals surface area contributed by atoms with Gasteiger partial charge in [-0.05, 0) is 79.9 Å². The van der Waals surface area contributed by atoms with E-state index in [0.717, 1.165) is 12.8 Å². The smallest absolute Gasteiger partial charge is 0.0102 e. The van der Waals surface area contributed by atoms with Crippen molar-refractivity contribution in [3.8, 4) is 0 Å². The number of likely N-dealkylation sites (N-methyl/N-ethyl adjacent to an activating group) is 1. The van der Waals surface area contributed by atoms with Gasteiger partial charge in [-0.25, -0.2) is 0 Å². The van der Waals surface area contributed by atoms with Gasteiger partial charge in [0.2, 0.25) is 0 Å². The van der Waals surface area contributed by atoms with E-state index in [-0.39, 0.29) is 0 Å². The lowest BCUT2D eigenvalue weighted by atomic mass is 9.92. The van der Waals surface area contributed by atoms with E-state index >= 15 is 0 Å². The molecule has 0 amide bonds. The number of nitrogens with two attached hydrogens (primary N) is 1. The first kappa shape index (κ1) is 21.2. The topological polar surface area (TPSA) is 53.8 Å². The van der Waals surface area contributed by atoms with Gasteiger partial charge in [-0.2, -0.15) is 0 Å². The van der Waals surface area contributed by atoms with E-state index in [0.29, 0.717) is 18.5 Å². The Kier molecular flexibility index (Phi) is 9.09. The number of aromatic nitrogens is 1. The number of benzene rings is 1. The third kappa shape index (κ3) is 6.85. The van der Waals surface area contributed by atoms with Crippen molar-refractivity contribution in [2.45, 2.75) is 45.1 Å². The molecule has 3 heteroatoms. The number of H-pyrrole nitrogens is 1. The second kappa shape index (κ2) is 11.6. The van der Waals surface area contributed by atoms with Crippen LogP contribution in [0.5, 0.6) is 0 Å². The highest BCUT2D eigenvalue weighted by Crippen LogP contribution is 2.21. The number of hydrogen-bond donors (Lipinski definition) is 3.